The highest BCUT2D eigenvalue weighted by molar-refractivity contribution is 7.98. The van der Waals surface area contributed by atoms with Gasteiger partial charge in [-0.25, -0.2) is 0 Å². The molecule has 1 unspecified atom stereocenters. The van der Waals surface area contributed by atoms with Gasteiger partial charge >= 0.3 is 0 Å². The Hall–Kier alpha value is -0.510. The van der Waals surface area contributed by atoms with Gasteiger partial charge in [-0.05, 0) is 56.1 Å². The molecule has 1 aliphatic heterocycles. The minimum atomic E-state index is 0.0533. The van der Waals surface area contributed by atoms with Gasteiger partial charge in [0.15, 0.2) is 6.29 Å². The van der Waals surface area contributed by atoms with Crippen molar-refractivity contribution in [2.75, 3.05) is 19.5 Å². The van der Waals surface area contributed by atoms with Gasteiger partial charge in [-0.3, -0.25) is 0 Å². The fourth-order valence-corrected chi connectivity index (χ4v) is 2.53. The Morgan fingerprint density at radius 3 is 2.78 bits per heavy atom. The van der Waals surface area contributed by atoms with E-state index in [1.165, 1.54) is 23.3 Å². The van der Waals surface area contributed by atoms with Crippen LogP contribution in [-0.2, 0) is 15.9 Å². The Balaban J connectivity index is 1.62. The van der Waals surface area contributed by atoms with Gasteiger partial charge in [-0.2, -0.15) is 0 Å². The van der Waals surface area contributed by atoms with Crippen molar-refractivity contribution in [3.63, 3.8) is 0 Å². The number of hydrogen-bond acceptors (Lipinski definition) is 3. The van der Waals surface area contributed by atoms with E-state index in [9.17, 15) is 0 Å². The van der Waals surface area contributed by atoms with E-state index in [0.29, 0.717) is 0 Å². The molecule has 1 fully saturated rings. The van der Waals surface area contributed by atoms with Gasteiger partial charge in [0.05, 0.1) is 6.61 Å². The Bertz CT molecular complexity index is 331. The second-order valence-corrected chi connectivity index (χ2v) is 5.50. The molecule has 1 aromatic carbocycles. The molecule has 1 saturated heterocycles. The van der Waals surface area contributed by atoms with Crippen LogP contribution in [0.1, 0.15) is 31.2 Å². The number of ether oxygens (including phenoxy) is 2. The maximum absolute atomic E-state index is 5.72. The van der Waals surface area contributed by atoms with Gasteiger partial charge in [0.1, 0.15) is 0 Å². The third-order valence-electron chi connectivity index (χ3n) is 3.21. The molecule has 1 atom stereocenters. The van der Waals surface area contributed by atoms with E-state index in [1.54, 1.807) is 11.8 Å². The van der Waals surface area contributed by atoms with Crippen LogP contribution in [0.5, 0.6) is 0 Å². The molecule has 0 bridgehead atoms. The van der Waals surface area contributed by atoms with Gasteiger partial charge in [0.2, 0.25) is 0 Å². The largest absolute Gasteiger partial charge is 0.353 e. The first kappa shape index (κ1) is 13.9. The third kappa shape index (κ3) is 4.63. The van der Waals surface area contributed by atoms with Crippen LogP contribution in [0.2, 0.25) is 0 Å². The molecule has 0 saturated carbocycles. The third-order valence-corrected chi connectivity index (χ3v) is 3.95. The van der Waals surface area contributed by atoms with E-state index in [0.717, 1.165) is 32.5 Å². The molecule has 0 amide bonds. The van der Waals surface area contributed by atoms with Crippen LogP contribution in [0, 0.1) is 0 Å². The Labute approximate surface area is 114 Å². The molecule has 100 valence electrons. The lowest BCUT2D eigenvalue weighted by molar-refractivity contribution is -0.162. The van der Waals surface area contributed by atoms with E-state index >= 15 is 0 Å². The van der Waals surface area contributed by atoms with Crippen molar-refractivity contribution in [2.45, 2.75) is 43.3 Å². The van der Waals surface area contributed by atoms with Crippen molar-refractivity contribution in [1.29, 1.82) is 0 Å². The first-order valence-electron chi connectivity index (χ1n) is 6.74. The molecular weight excluding hydrogens is 244 g/mol. The summed E-state index contributed by atoms with van der Waals surface area (Å²) in [6.07, 6.45) is 7.79. The number of benzene rings is 1. The van der Waals surface area contributed by atoms with Crippen LogP contribution in [0.3, 0.4) is 0 Å². The van der Waals surface area contributed by atoms with Gasteiger partial charge in [-0.15, -0.1) is 11.8 Å². The predicted molar refractivity (Wildman–Crippen MR) is 76.1 cm³/mol. The van der Waals surface area contributed by atoms with E-state index < -0.39 is 0 Å². The summed E-state index contributed by atoms with van der Waals surface area (Å²) in [6, 6.07) is 8.79. The molecule has 1 aliphatic rings. The topological polar surface area (TPSA) is 18.5 Å². The molecule has 1 heterocycles. The van der Waals surface area contributed by atoms with E-state index in [1.807, 2.05) is 0 Å². The van der Waals surface area contributed by atoms with Crippen molar-refractivity contribution >= 4 is 11.8 Å². The normalized spacial score (nSPS) is 19.9. The minimum Gasteiger partial charge on any atom is -0.353 e. The molecule has 2 rings (SSSR count). The summed E-state index contributed by atoms with van der Waals surface area (Å²) in [7, 11) is 0. The quantitative estimate of drug-likeness (QED) is 0.575. The zero-order valence-electron chi connectivity index (χ0n) is 11.1. The summed E-state index contributed by atoms with van der Waals surface area (Å²) in [5, 5.41) is 0. The predicted octanol–water partition coefficient (Wildman–Crippen LogP) is 3.88. The van der Waals surface area contributed by atoms with Gasteiger partial charge in [0.25, 0.3) is 0 Å². The lowest BCUT2D eigenvalue weighted by Crippen LogP contribution is -2.22. The van der Waals surface area contributed by atoms with Crippen molar-refractivity contribution in [3.05, 3.63) is 29.8 Å². The first-order valence-corrected chi connectivity index (χ1v) is 7.97. The fourth-order valence-electron chi connectivity index (χ4n) is 2.13. The van der Waals surface area contributed by atoms with Crippen LogP contribution in [0.25, 0.3) is 0 Å². The lowest BCUT2D eigenvalue weighted by Gasteiger charge is -2.22. The molecule has 1 aromatic rings. The Kier molecular flexibility index (Phi) is 6.05. The SMILES string of the molecule is CSc1ccc(CCCOC2CCCCO2)cc1. The smallest absolute Gasteiger partial charge is 0.157 e. The second-order valence-electron chi connectivity index (χ2n) is 4.62. The van der Waals surface area contributed by atoms with E-state index in [2.05, 4.69) is 30.5 Å². The number of aryl methyl sites for hydroxylation is 1. The summed E-state index contributed by atoms with van der Waals surface area (Å²) < 4.78 is 11.3. The maximum atomic E-state index is 5.72. The highest BCUT2D eigenvalue weighted by Crippen LogP contribution is 2.16. The van der Waals surface area contributed by atoms with Crippen LogP contribution < -0.4 is 0 Å². The zero-order valence-corrected chi connectivity index (χ0v) is 11.9. The van der Waals surface area contributed by atoms with Crippen molar-refractivity contribution in [2.24, 2.45) is 0 Å². The summed E-state index contributed by atoms with van der Waals surface area (Å²) in [6.45, 7) is 1.66. The Morgan fingerprint density at radius 2 is 2.11 bits per heavy atom. The molecule has 3 heteroatoms. The van der Waals surface area contributed by atoms with E-state index in [4.69, 9.17) is 9.47 Å². The van der Waals surface area contributed by atoms with Crippen molar-refractivity contribution in [1.82, 2.24) is 0 Å². The molecule has 2 nitrogen and oxygen atoms in total. The lowest BCUT2D eigenvalue weighted by atomic mass is 10.1. The summed E-state index contributed by atoms with van der Waals surface area (Å²) in [5.74, 6) is 0. The molecule has 18 heavy (non-hydrogen) atoms. The van der Waals surface area contributed by atoms with Crippen LogP contribution in [0.15, 0.2) is 29.2 Å². The monoisotopic (exact) mass is 266 g/mol. The van der Waals surface area contributed by atoms with Gasteiger partial charge < -0.3 is 9.47 Å². The molecular formula is C15H22O2S. The van der Waals surface area contributed by atoms with Crippen molar-refractivity contribution in [3.8, 4) is 0 Å². The first-order chi connectivity index (χ1) is 8.88. The second kappa shape index (κ2) is 7.82. The summed E-state index contributed by atoms with van der Waals surface area (Å²) >= 11 is 1.78. The number of hydrogen-bond donors (Lipinski definition) is 0. The summed E-state index contributed by atoms with van der Waals surface area (Å²) in [4.78, 5) is 1.32. The fraction of sp³-hybridized carbons (Fsp3) is 0.600. The molecule has 0 N–H and O–H groups in total. The van der Waals surface area contributed by atoms with Crippen molar-refractivity contribution < 1.29 is 9.47 Å². The number of rotatable bonds is 6. The minimum absolute atomic E-state index is 0.0533. The highest BCUT2D eigenvalue weighted by Gasteiger charge is 2.13. The average Bonchev–Trinajstić information content (AvgIpc) is 2.45. The van der Waals surface area contributed by atoms with Crippen LogP contribution in [0.4, 0.5) is 0 Å². The molecule has 0 spiro atoms. The molecule has 0 aliphatic carbocycles. The van der Waals surface area contributed by atoms with Crippen LogP contribution >= 0.6 is 11.8 Å². The van der Waals surface area contributed by atoms with E-state index in [-0.39, 0.29) is 6.29 Å². The highest BCUT2D eigenvalue weighted by atomic mass is 32.2. The Morgan fingerprint density at radius 1 is 1.28 bits per heavy atom. The number of thioether (sulfide) groups is 1. The van der Waals surface area contributed by atoms with Gasteiger partial charge in [0, 0.05) is 11.5 Å². The maximum Gasteiger partial charge on any atom is 0.157 e. The van der Waals surface area contributed by atoms with Crippen LogP contribution in [-0.4, -0.2) is 25.8 Å². The standard InChI is InChI=1S/C15H22O2S/c1-18-14-9-7-13(8-10-14)5-4-12-17-15-6-2-3-11-16-15/h7-10,15H,2-6,11-12H2,1H3. The molecule has 0 radical (unpaired) electrons. The summed E-state index contributed by atoms with van der Waals surface area (Å²) in [5.41, 5.74) is 1.39. The van der Waals surface area contributed by atoms with Gasteiger partial charge in [-0.1, -0.05) is 12.1 Å². The molecule has 0 aromatic heterocycles. The average molecular weight is 266 g/mol. The zero-order chi connectivity index (χ0) is 12.6.